The first kappa shape index (κ1) is 14.8. The molecule has 0 aliphatic heterocycles. The molecule has 0 bridgehead atoms. The molecule has 86 valence electrons. The van der Waals surface area contributed by atoms with Crippen LogP contribution in [0.25, 0.3) is 0 Å². The average molecular weight is 365 g/mol. The Hall–Kier alpha value is -0.180. The second kappa shape index (κ2) is 7.15. The molecule has 0 aliphatic carbocycles. The second-order valence-corrected chi connectivity index (χ2v) is 5.31. The molecule has 1 unspecified atom stereocenters. The highest BCUT2D eigenvalue weighted by molar-refractivity contribution is 14.1. The molecule has 6 nitrogen and oxygen atoms in total. The summed E-state index contributed by atoms with van der Waals surface area (Å²) < 4.78 is 35.0. The minimum absolute atomic E-state index is 0.0854. The van der Waals surface area contributed by atoms with Crippen LogP contribution in [-0.2, 0) is 14.9 Å². The summed E-state index contributed by atoms with van der Waals surface area (Å²) in [6.45, 7) is -0.434. The van der Waals surface area contributed by atoms with Crippen molar-refractivity contribution in [1.29, 1.82) is 0 Å². The lowest BCUT2D eigenvalue weighted by Crippen LogP contribution is -2.33. The molecule has 0 spiro atoms. The van der Waals surface area contributed by atoms with E-state index in [1.807, 2.05) is 0 Å². The van der Waals surface area contributed by atoms with Crippen molar-refractivity contribution in [3.63, 3.8) is 0 Å². The van der Waals surface area contributed by atoms with E-state index < -0.39 is 20.8 Å². The number of amides is 1. The highest BCUT2D eigenvalue weighted by Crippen LogP contribution is 2.01. The van der Waals surface area contributed by atoms with Gasteiger partial charge in [-0.05, 0) is 3.93 Å². The highest BCUT2D eigenvalue weighted by Gasteiger charge is 2.18. The fourth-order valence-electron chi connectivity index (χ4n) is 0.456. The summed E-state index contributed by atoms with van der Waals surface area (Å²) in [5.41, 5.74) is 0. The van der Waals surface area contributed by atoms with Crippen LogP contribution in [0.2, 0.25) is 0 Å². The lowest BCUT2D eigenvalue weighted by atomic mass is 10.7. The Kier molecular flexibility index (Phi) is 7.07. The van der Waals surface area contributed by atoms with Gasteiger partial charge in [0.1, 0.15) is 4.58 Å². The van der Waals surface area contributed by atoms with Crippen molar-refractivity contribution in [1.82, 2.24) is 5.32 Å². The Morgan fingerprint density at radius 3 is 2.73 bits per heavy atom. The molecule has 0 rings (SSSR count). The molecule has 1 amide bonds. The van der Waals surface area contributed by atoms with Crippen molar-refractivity contribution < 1.29 is 22.5 Å². The summed E-state index contributed by atoms with van der Waals surface area (Å²) in [6, 6.07) is 0. The lowest BCUT2D eigenvalue weighted by molar-refractivity contribution is 0.160. The molecule has 0 saturated carbocycles. The third-order valence-electron chi connectivity index (χ3n) is 1.11. The molecular formula is C6H8INO5S2. The fourth-order valence-corrected chi connectivity index (χ4v) is 0.997. The first-order valence-corrected chi connectivity index (χ1v) is 6.61. The van der Waals surface area contributed by atoms with E-state index in [-0.39, 0.29) is 13.2 Å². The van der Waals surface area contributed by atoms with E-state index in [4.69, 9.17) is 4.55 Å². The SMILES string of the molecule is O=C(NCC(S)S(=O)(=O)O)OCC#CI. The van der Waals surface area contributed by atoms with Crippen LogP contribution in [0, 0.1) is 9.85 Å². The van der Waals surface area contributed by atoms with Gasteiger partial charge in [0.15, 0.2) is 6.61 Å². The van der Waals surface area contributed by atoms with Gasteiger partial charge in [-0.3, -0.25) is 4.55 Å². The Balaban J connectivity index is 3.85. The molecule has 0 aromatic rings. The molecule has 1 atom stereocenters. The topological polar surface area (TPSA) is 92.7 Å². The van der Waals surface area contributed by atoms with Crippen molar-refractivity contribution in [3.8, 4) is 9.85 Å². The molecule has 0 aromatic heterocycles. The molecule has 0 aromatic carbocycles. The predicted molar refractivity (Wildman–Crippen MR) is 65.5 cm³/mol. The summed E-state index contributed by atoms with van der Waals surface area (Å²) in [6.07, 6.45) is -0.822. The van der Waals surface area contributed by atoms with Gasteiger partial charge < -0.3 is 10.1 Å². The quantitative estimate of drug-likeness (QED) is 0.288. The van der Waals surface area contributed by atoms with E-state index in [0.717, 1.165) is 0 Å². The van der Waals surface area contributed by atoms with Gasteiger partial charge in [-0.15, -0.1) is 0 Å². The van der Waals surface area contributed by atoms with Gasteiger partial charge in [-0.2, -0.15) is 21.0 Å². The smallest absolute Gasteiger partial charge is 0.408 e. The number of halogens is 1. The molecule has 2 N–H and O–H groups in total. The van der Waals surface area contributed by atoms with Crippen molar-refractivity contribution in [2.45, 2.75) is 4.58 Å². The van der Waals surface area contributed by atoms with Crippen molar-refractivity contribution in [3.05, 3.63) is 0 Å². The summed E-state index contributed by atoms with van der Waals surface area (Å²) in [7, 11) is -4.26. The van der Waals surface area contributed by atoms with E-state index >= 15 is 0 Å². The molecule has 9 heteroatoms. The number of hydrogen-bond donors (Lipinski definition) is 3. The maximum absolute atomic E-state index is 10.8. The van der Waals surface area contributed by atoms with Crippen LogP contribution in [0.1, 0.15) is 0 Å². The minimum atomic E-state index is -4.26. The van der Waals surface area contributed by atoms with Crippen LogP contribution in [-0.4, -0.2) is 36.8 Å². The van der Waals surface area contributed by atoms with E-state index in [0.29, 0.717) is 0 Å². The molecule has 0 aliphatic rings. The van der Waals surface area contributed by atoms with Crippen molar-refractivity contribution in [2.24, 2.45) is 0 Å². The largest absolute Gasteiger partial charge is 0.436 e. The van der Waals surface area contributed by atoms with Gasteiger partial charge >= 0.3 is 6.09 Å². The number of ether oxygens (including phenoxy) is 1. The molecule has 0 saturated heterocycles. The minimum Gasteiger partial charge on any atom is -0.436 e. The Morgan fingerprint density at radius 2 is 2.27 bits per heavy atom. The Morgan fingerprint density at radius 1 is 1.67 bits per heavy atom. The molecule has 0 heterocycles. The number of carbonyl (C=O) groups excluding carboxylic acids is 1. The van der Waals surface area contributed by atoms with Gasteiger partial charge in [0.2, 0.25) is 0 Å². The van der Waals surface area contributed by atoms with E-state index in [1.165, 1.54) is 0 Å². The number of alkyl carbamates (subject to hydrolysis) is 1. The number of carbonyl (C=O) groups is 1. The summed E-state index contributed by atoms with van der Waals surface area (Å²) in [4.78, 5) is 10.8. The number of hydrogen-bond acceptors (Lipinski definition) is 5. The van der Waals surface area contributed by atoms with Crippen LogP contribution in [0.15, 0.2) is 0 Å². The van der Waals surface area contributed by atoms with Crippen molar-refractivity contribution in [2.75, 3.05) is 13.2 Å². The standard InChI is InChI=1S/C6H8INO5S2/c7-2-1-3-13-6(9)8-4-5(14)15(10,11)12/h5,14H,3-4H2,(H,8,9)(H,10,11,12). The van der Waals surface area contributed by atoms with Crippen LogP contribution < -0.4 is 5.32 Å². The lowest BCUT2D eigenvalue weighted by Gasteiger charge is -2.08. The van der Waals surface area contributed by atoms with Gasteiger partial charge in [0.05, 0.1) is 0 Å². The third kappa shape index (κ3) is 7.71. The van der Waals surface area contributed by atoms with Gasteiger partial charge in [0, 0.05) is 29.1 Å². The Labute approximate surface area is 106 Å². The van der Waals surface area contributed by atoms with Crippen LogP contribution in [0.5, 0.6) is 0 Å². The monoisotopic (exact) mass is 365 g/mol. The van der Waals surface area contributed by atoms with Crippen molar-refractivity contribution >= 4 is 51.4 Å². The Bertz CT molecular complexity index is 371. The fraction of sp³-hybridized carbons (Fsp3) is 0.500. The summed E-state index contributed by atoms with van der Waals surface area (Å²) in [5.74, 6) is 2.46. The van der Waals surface area contributed by atoms with Crippen LogP contribution in [0.3, 0.4) is 0 Å². The second-order valence-electron chi connectivity index (χ2n) is 2.20. The number of thiol groups is 1. The summed E-state index contributed by atoms with van der Waals surface area (Å²) in [5, 5.41) is 2.10. The maximum Gasteiger partial charge on any atom is 0.408 e. The highest BCUT2D eigenvalue weighted by atomic mass is 127. The first-order valence-electron chi connectivity index (χ1n) is 3.51. The van der Waals surface area contributed by atoms with Crippen LogP contribution in [0.4, 0.5) is 4.79 Å². The number of nitrogens with one attached hydrogen (secondary N) is 1. The molecule has 15 heavy (non-hydrogen) atoms. The zero-order valence-corrected chi connectivity index (χ0v) is 11.2. The summed E-state index contributed by atoms with van der Waals surface area (Å²) >= 11 is 5.34. The van der Waals surface area contributed by atoms with E-state index in [9.17, 15) is 13.2 Å². The van der Waals surface area contributed by atoms with Gasteiger partial charge in [-0.1, -0.05) is 5.92 Å². The van der Waals surface area contributed by atoms with E-state index in [1.54, 1.807) is 22.6 Å². The zero-order chi connectivity index (χ0) is 11.9. The molecular weight excluding hydrogens is 357 g/mol. The maximum atomic E-state index is 10.8. The van der Waals surface area contributed by atoms with Gasteiger partial charge in [-0.25, -0.2) is 4.79 Å². The normalized spacial score (nSPS) is 12.2. The van der Waals surface area contributed by atoms with Crippen LogP contribution >= 0.6 is 35.2 Å². The number of rotatable bonds is 4. The van der Waals surface area contributed by atoms with E-state index in [2.05, 4.69) is 32.5 Å². The third-order valence-corrected chi connectivity index (χ3v) is 3.32. The zero-order valence-electron chi connectivity index (χ0n) is 7.31. The molecule has 0 radical (unpaired) electrons. The van der Waals surface area contributed by atoms with Gasteiger partial charge in [0.25, 0.3) is 10.1 Å². The molecule has 0 fully saturated rings. The average Bonchev–Trinajstić information content (AvgIpc) is 2.13. The first-order chi connectivity index (χ1) is 6.88. The predicted octanol–water partition coefficient (Wildman–Crippen LogP) is 0.252.